The third-order valence-electron chi connectivity index (χ3n) is 5.27. The summed E-state index contributed by atoms with van der Waals surface area (Å²) in [6.45, 7) is 5.90. The molecule has 26 heavy (non-hydrogen) atoms. The molecule has 2 heterocycles. The molecule has 0 spiro atoms. The fourth-order valence-electron chi connectivity index (χ4n) is 3.78. The number of benzene rings is 2. The SMILES string of the molecule is COc1ccc(C2Cc3ccc(N4CCNCC4)cc3OC2=O)cc1C. The van der Waals surface area contributed by atoms with Crippen molar-refractivity contribution in [2.24, 2.45) is 0 Å². The van der Waals surface area contributed by atoms with Gasteiger partial charge in [0.15, 0.2) is 0 Å². The standard InChI is InChI=1S/C21H24N2O3/c1-14-11-15(4-6-19(14)25-2)18-12-16-3-5-17(13-20(16)26-21(18)24)23-9-7-22-8-10-23/h3-6,11,13,18,22H,7-10,12H2,1-2H3. The lowest BCUT2D eigenvalue weighted by Gasteiger charge is -2.31. The van der Waals surface area contributed by atoms with E-state index in [1.807, 2.05) is 31.2 Å². The van der Waals surface area contributed by atoms with Crippen molar-refractivity contribution in [1.82, 2.24) is 5.32 Å². The number of rotatable bonds is 3. The molecule has 5 nitrogen and oxygen atoms in total. The van der Waals surface area contributed by atoms with Crippen LogP contribution in [0.3, 0.4) is 0 Å². The van der Waals surface area contributed by atoms with Gasteiger partial charge in [0.1, 0.15) is 11.5 Å². The number of methoxy groups -OCH3 is 1. The van der Waals surface area contributed by atoms with Gasteiger partial charge in [-0.3, -0.25) is 4.79 Å². The number of aryl methyl sites for hydroxylation is 1. The summed E-state index contributed by atoms with van der Waals surface area (Å²) in [5, 5.41) is 3.35. The predicted octanol–water partition coefficient (Wildman–Crippen LogP) is 2.66. The lowest BCUT2D eigenvalue weighted by atomic mass is 9.88. The molecule has 1 unspecified atom stereocenters. The Hall–Kier alpha value is -2.53. The van der Waals surface area contributed by atoms with E-state index in [1.54, 1.807) is 7.11 Å². The summed E-state index contributed by atoms with van der Waals surface area (Å²) >= 11 is 0. The average Bonchev–Trinajstić information content (AvgIpc) is 2.67. The zero-order valence-corrected chi connectivity index (χ0v) is 15.2. The number of esters is 1. The van der Waals surface area contributed by atoms with Crippen LogP contribution >= 0.6 is 0 Å². The third-order valence-corrected chi connectivity index (χ3v) is 5.27. The van der Waals surface area contributed by atoms with Gasteiger partial charge in [0.2, 0.25) is 0 Å². The summed E-state index contributed by atoms with van der Waals surface area (Å²) in [6.07, 6.45) is 0.668. The fourth-order valence-corrected chi connectivity index (χ4v) is 3.78. The van der Waals surface area contributed by atoms with E-state index < -0.39 is 0 Å². The largest absolute Gasteiger partial charge is 0.496 e. The van der Waals surface area contributed by atoms with E-state index in [4.69, 9.17) is 9.47 Å². The van der Waals surface area contributed by atoms with Crippen molar-refractivity contribution in [3.8, 4) is 11.5 Å². The maximum Gasteiger partial charge on any atom is 0.319 e. The molecule has 2 aliphatic heterocycles. The molecular weight excluding hydrogens is 328 g/mol. The van der Waals surface area contributed by atoms with Crippen molar-refractivity contribution in [2.45, 2.75) is 19.3 Å². The van der Waals surface area contributed by atoms with Crippen LogP contribution in [-0.4, -0.2) is 39.3 Å². The molecule has 4 rings (SSSR count). The molecule has 2 aromatic rings. The number of ether oxygens (including phenoxy) is 2. The summed E-state index contributed by atoms with van der Waals surface area (Å²) in [7, 11) is 1.66. The Bertz CT molecular complexity index is 828. The summed E-state index contributed by atoms with van der Waals surface area (Å²) in [5.74, 6) is 1.09. The molecule has 0 amide bonds. The van der Waals surface area contributed by atoms with Gasteiger partial charge >= 0.3 is 5.97 Å². The average molecular weight is 352 g/mol. The van der Waals surface area contributed by atoms with Crippen molar-refractivity contribution in [1.29, 1.82) is 0 Å². The smallest absolute Gasteiger partial charge is 0.319 e. The fraction of sp³-hybridized carbons (Fsp3) is 0.381. The van der Waals surface area contributed by atoms with Crippen LogP contribution in [0.25, 0.3) is 0 Å². The number of anilines is 1. The predicted molar refractivity (Wildman–Crippen MR) is 101 cm³/mol. The van der Waals surface area contributed by atoms with E-state index in [0.717, 1.165) is 54.3 Å². The van der Waals surface area contributed by atoms with E-state index in [9.17, 15) is 4.79 Å². The molecule has 0 aliphatic carbocycles. The van der Waals surface area contributed by atoms with Crippen molar-refractivity contribution < 1.29 is 14.3 Å². The number of carbonyl (C=O) groups is 1. The number of nitrogens with zero attached hydrogens (tertiary/aromatic N) is 1. The molecule has 0 bridgehead atoms. The zero-order valence-electron chi connectivity index (χ0n) is 15.2. The van der Waals surface area contributed by atoms with Gasteiger partial charge in [0, 0.05) is 37.9 Å². The first-order chi connectivity index (χ1) is 12.7. The van der Waals surface area contributed by atoms with Crippen LogP contribution in [-0.2, 0) is 11.2 Å². The van der Waals surface area contributed by atoms with Crippen molar-refractivity contribution >= 4 is 11.7 Å². The van der Waals surface area contributed by atoms with Crippen LogP contribution in [0.5, 0.6) is 11.5 Å². The van der Waals surface area contributed by atoms with Gasteiger partial charge in [-0.15, -0.1) is 0 Å². The number of piperazine rings is 1. The molecule has 0 aromatic heterocycles. The van der Waals surface area contributed by atoms with E-state index in [-0.39, 0.29) is 11.9 Å². The normalized spacial score (nSPS) is 19.7. The molecule has 136 valence electrons. The molecule has 0 radical (unpaired) electrons. The summed E-state index contributed by atoms with van der Waals surface area (Å²) in [6, 6.07) is 12.1. The highest BCUT2D eigenvalue weighted by Crippen LogP contribution is 2.37. The number of hydrogen-bond acceptors (Lipinski definition) is 5. The molecule has 1 N–H and O–H groups in total. The highest BCUT2D eigenvalue weighted by Gasteiger charge is 2.30. The number of nitrogens with one attached hydrogen (secondary N) is 1. The molecule has 1 fully saturated rings. The number of carbonyl (C=O) groups excluding carboxylic acids is 1. The van der Waals surface area contributed by atoms with Gasteiger partial charge in [0.25, 0.3) is 0 Å². The van der Waals surface area contributed by atoms with Gasteiger partial charge in [0.05, 0.1) is 13.0 Å². The lowest BCUT2D eigenvalue weighted by Crippen LogP contribution is -2.43. The summed E-state index contributed by atoms with van der Waals surface area (Å²) < 4.78 is 11.0. The van der Waals surface area contributed by atoms with E-state index >= 15 is 0 Å². The van der Waals surface area contributed by atoms with Gasteiger partial charge in [-0.1, -0.05) is 18.2 Å². The number of fused-ring (bicyclic) bond motifs is 1. The van der Waals surface area contributed by atoms with E-state index in [0.29, 0.717) is 12.2 Å². The molecule has 0 saturated carbocycles. The quantitative estimate of drug-likeness (QED) is 0.680. The maximum atomic E-state index is 12.6. The van der Waals surface area contributed by atoms with Gasteiger partial charge in [-0.2, -0.15) is 0 Å². The third kappa shape index (κ3) is 3.15. The van der Waals surface area contributed by atoms with Crippen LogP contribution in [0.1, 0.15) is 22.6 Å². The van der Waals surface area contributed by atoms with E-state index in [2.05, 4.69) is 22.3 Å². The van der Waals surface area contributed by atoms with Gasteiger partial charge in [-0.25, -0.2) is 0 Å². The molecule has 2 aromatic carbocycles. The minimum absolute atomic E-state index is 0.181. The Morgan fingerprint density at radius 2 is 1.96 bits per heavy atom. The second kappa shape index (κ2) is 7.00. The minimum Gasteiger partial charge on any atom is -0.496 e. The van der Waals surface area contributed by atoms with Gasteiger partial charge < -0.3 is 19.7 Å². The topological polar surface area (TPSA) is 50.8 Å². The second-order valence-corrected chi connectivity index (χ2v) is 6.94. The molecule has 2 aliphatic rings. The first-order valence-corrected chi connectivity index (χ1v) is 9.10. The summed E-state index contributed by atoms with van der Waals surface area (Å²) in [4.78, 5) is 15.0. The highest BCUT2D eigenvalue weighted by molar-refractivity contribution is 5.83. The Morgan fingerprint density at radius 1 is 1.15 bits per heavy atom. The van der Waals surface area contributed by atoms with E-state index in [1.165, 1.54) is 0 Å². The zero-order chi connectivity index (χ0) is 18.1. The monoisotopic (exact) mass is 352 g/mol. The minimum atomic E-state index is -0.267. The Balaban J connectivity index is 1.58. The Labute approximate surface area is 153 Å². The van der Waals surface area contributed by atoms with Crippen LogP contribution in [0.15, 0.2) is 36.4 Å². The van der Waals surface area contributed by atoms with Crippen molar-refractivity contribution in [3.63, 3.8) is 0 Å². The Kier molecular flexibility index (Phi) is 4.55. The molecule has 1 saturated heterocycles. The summed E-state index contributed by atoms with van der Waals surface area (Å²) in [5.41, 5.74) is 4.21. The molecule has 5 heteroatoms. The van der Waals surface area contributed by atoms with Crippen LogP contribution < -0.4 is 19.7 Å². The first kappa shape index (κ1) is 16.9. The molecule has 1 atom stereocenters. The highest BCUT2D eigenvalue weighted by atomic mass is 16.5. The lowest BCUT2D eigenvalue weighted by molar-refractivity contribution is -0.137. The van der Waals surface area contributed by atoms with Crippen molar-refractivity contribution in [2.75, 3.05) is 38.2 Å². The molecular formula is C21H24N2O3. The first-order valence-electron chi connectivity index (χ1n) is 9.10. The van der Waals surface area contributed by atoms with Crippen LogP contribution in [0, 0.1) is 6.92 Å². The maximum absolute atomic E-state index is 12.6. The number of hydrogen-bond donors (Lipinski definition) is 1. The Morgan fingerprint density at radius 3 is 2.69 bits per heavy atom. The van der Waals surface area contributed by atoms with Crippen molar-refractivity contribution in [3.05, 3.63) is 53.1 Å². The van der Waals surface area contributed by atoms with Crippen LogP contribution in [0.4, 0.5) is 5.69 Å². The second-order valence-electron chi connectivity index (χ2n) is 6.94. The van der Waals surface area contributed by atoms with Gasteiger partial charge in [-0.05, 0) is 42.2 Å². The van der Waals surface area contributed by atoms with Crippen LogP contribution in [0.2, 0.25) is 0 Å².